The third-order valence-corrected chi connectivity index (χ3v) is 5.10. The van der Waals surface area contributed by atoms with Gasteiger partial charge in [-0.1, -0.05) is 12.2 Å². The summed E-state index contributed by atoms with van der Waals surface area (Å²) < 4.78 is 4.96. The van der Waals surface area contributed by atoms with Crippen LogP contribution in [0, 0.1) is 17.8 Å². The molecule has 4 aliphatic rings. The zero-order chi connectivity index (χ0) is 17.9. The van der Waals surface area contributed by atoms with Crippen LogP contribution >= 0.6 is 0 Å². The first kappa shape index (κ1) is 15.6. The lowest BCUT2D eigenvalue weighted by Crippen LogP contribution is -2.57. The van der Waals surface area contributed by atoms with Crippen molar-refractivity contribution in [1.29, 1.82) is 0 Å². The molecule has 25 heavy (non-hydrogen) atoms. The third kappa shape index (κ3) is 2.12. The van der Waals surface area contributed by atoms with Crippen LogP contribution in [-0.2, 0) is 19.2 Å². The van der Waals surface area contributed by atoms with E-state index in [0.29, 0.717) is 11.4 Å². The molecule has 2 bridgehead atoms. The van der Waals surface area contributed by atoms with Gasteiger partial charge < -0.3 is 9.64 Å². The van der Waals surface area contributed by atoms with Gasteiger partial charge in [-0.15, -0.1) is 0 Å². The highest BCUT2D eigenvalue weighted by molar-refractivity contribution is 6.24. The molecule has 3 heterocycles. The molecule has 3 amide bonds. The summed E-state index contributed by atoms with van der Waals surface area (Å²) in [5.74, 6) is -2.65. The van der Waals surface area contributed by atoms with Crippen LogP contribution in [0.15, 0.2) is 36.4 Å². The van der Waals surface area contributed by atoms with Gasteiger partial charge in [0.05, 0.1) is 29.5 Å². The highest BCUT2D eigenvalue weighted by atomic mass is 16.5. The van der Waals surface area contributed by atoms with Crippen LogP contribution < -0.4 is 9.64 Å². The number of carbonyl (C=O) groups excluding carboxylic acids is 4. The van der Waals surface area contributed by atoms with Gasteiger partial charge in [0.2, 0.25) is 17.7 Å². The first-order valence-corrected chi connectivity index (χ1v) is 8.01. The molecule has 0 aromatic heterocycles. The number of piperidine rings is 1. The summed E-state index contributed by atoms with van der Waals surface area (Å²) in [5.41, 5.74) is 0.412. The molecule has 7 heteroatoms. The number of likely N-dealkylation sites (N-methyl/N-ethyl adjacent to an activating group) is 1. The number of rotatable bonds is 2. The van der Waals surface area contributed by atoms with Crippen molar-refractivity contribution in [2.45, 2.75) is 13.0 Å². The van der Waals surface area contributed by atoms with Gasteiger partial charge in [-0.25, -0.2) is 4.90 Å². The number of ether oxygens (including phenoxy) is 1. The smallest absolute Gasteiger partial charge is 0.308 e. The van der Waals surface area contributed by atoms with Gasteiger partial charge in [0.25, 0.3) is 0 Å². The predicted molar refractivity (Wildman–Crippen MR) is 86.4 cm³/mol. The van der Waals surface area contributed by atoms with Crippen molar-refractivity contribution in [2.24, 2.45) is 17.8 Å². The molecular weight excluding hydrogens is 324 g/mol. The standard InChI is InChI=1S/C18H16N2O5/c1-9(21)25-11-5-3-10(4-6-11)20-17(23)14-12-7-8-13(15(14)18(20)24)19(2)16(12)22/h3-8,12-15H,1-2H3/t12-,13-,14-,15-/m0/s1. The number of hydrogen-bond acceptors (Lipinski definition) is 5. The first-order chi connectivity index (χ1) is 11.9. The van der Waals surface area contributed by atoms with Crippen molar-refractivity contribution in [3.63, 3.8) is 0 Å². The molecule has 4 atom stereocenters. The van der Waals surface area contributed by atoms with Crippen LogP contribution in [-0.4, -0.2) is 41.7 Å². The molecule has 2 saturated heterocycles. The molecule has 1 aromatic carbocycles. The van der Waals surface area contributed by atoms with Crippen molar-refractivity contribution >= 4 is 29.4 Å². The Kier molecular flexibility index (Phi) is 3.28. The minimum absolute atomic E-state index is 0.123. The average molecular weight is 340 g/mol. The molecule has 0 N–H and O–H groups in total. The number of hydrogen-bond donors (Lipinski definition) is 0. The Morgan fingerprint density at radius 2 is 1.60 bits per heavy atom. The normalized spacial score (nSPS) is 30.1. The molecule has 1 aromatic rings. The second-order valence-electron chi connectivity index (χ2n) is 6.50. The Hall–Kier alpha value is -2.96. The van der Waals surface area contributed by atoms with E-state index in [4.69, 9.17) is 4.74 Å². The molecule has 5 rings (SSSR count). The zero-order valence-electron chi connectivity index (χ0n) is 13.7. The number of esters is 1. The summed E-state index contributed by atoms with van der Waals surface area (Å²) in [7, 11) is 1.66. The van der Waals surface area contributed by atoms with Gasteiger partial charge in [-0.2, -0.15) is 0 Å². The Balaban J connectivity index is 1.67. The maximum Gasteiger partial charge on any atom is 0.308 e. The lowest BCUT2D eigenvalue weighted by molar-refractivity contribution is -0.148. The van der Waals surface area contributed by atoms with Crippen molar-refractivity contribution < 1.29 is 23.9 Å². The summed E-state index contributed by atoms with van der Waals surface area (Å²) >= 11 is 0. The van der Waals surface area contributed by atoms with E-state index in [0.717, 1.165) is 4.90 Å². The fourth-order valence-electron chi connectivity index (χ4n) is 3.99. The maximum atomic E-state index is 12.9. The van der Waals surface area contributed by atoms with E-state index >= 15 is 0 Å². The molecule has 7 nitrogen and oxygen atoms in total. The zero-order valence-corrected chi connectivity index (χ0v) is 13.7. The number of carbonyl (C=O) groups is 4. The topological polar surface area (TPSA) is 84.0 Å². The van der Waals surface area contributed by atoms with Crippen molar-refractivity contribution in [3.8, 4) is 5.75 Å². The van der Waals surface area contributed by atoms with Crippen LogP contribution in [0.5, 0.6) is 5.75 Å². The summed E-state index contributed by atoms with van der Waals surface area (Å²) in [6, 6.07) is 5.80. The molecule has 3 aliphatic heterocycles. The summed E-state index contributed by atoms with van der Waals surface area (Å²) in [4.78, 5) is 51.8. The van der Waals surface area contributed by atoms with Gasteiger partial charge in [-0.05, 0) is 24.3 Å². The largest absolute Gasteiger partial charge is 0.427 e. The molecule has 0 saturated carbocycles. The highest BCUT2D eigenvalue weighted by Gasteiger charge is 2.61. The van der Waals surface area contributed by atoms with E-state index in [1.54, 1.807) is 30.2 Å². The SMILES string of the molecule is CC(=O)Oc1ccc(N2C(=O)[C@@H]3[C@@H](C2=O)[C@@H]2C=C[C@@H]3C(=O)N2C)cc1. The molecule has 0 spiro atoms. The number of anilines is 1. The van der Waals surface area contributed by atoms with E-state index in [-0.39, 0.29) is 23.8 Å². The molecule has 2 fully saturated rings. The van der Waals surface area contributed by atoms with Crippen LogP contribution in [0.25, 0.3) is 0 Å². The lowest BCUT2D eigenvalue weighted by Gasteiger charge is -2.44. The quantitative estimate of drug-likeness (QED) is 0.343. The molecule has 1 aliphatic carbocycles. The lowest BCUT2D eigenvalue weighted by atomic mass is 9.70. The van der Waals surface area contributed by atoms with Crippen LogP contribution in [0.1, 0.15) is 6.92 Å². The van der Waals surface area contributed by atoms with E-state index in [1.807, 2.05) is 6.08 Å². The number of benzene rings is 1. The van der Waals surface area contributed by atoms with Gasteiger partial charge in [0.15, 0.2) is 0 Å². The van der Waals surface area contributed by atoms with Crippen molar-refractivity contribution in [2.75, 3.05) is 11.9 Å². The fraction of sp³-hybridized carbons (Fsp3) is 0.333. The number of amides is 3. The van der Waals surface area contributed by atoms with E-state index in [2.05, 4.69) is 0 Å². The Bertz CT molecular complexity index is 828. The summed E-state index contributed by atoms with van der Waals surface area (Å²) in [6.45, 7) is 1.29. The van der Waals surface area contributed by atoms with Crippen molar-refractivity contribution in [1.82, 2.24) is 4.90 Å². The van der Waals surface area contributed by atoms with Crippen LogP contribution in [0.4, 0.5) is 5.69 Å². The second kappa shape index (κ2) is 5.27. The van der Waals surface area contributed by atoms with Gasteiger partial charge in [0, 0.05) is 14.0 Å². The minimum atomic E-state index is -0.639. The molecule has 128 valence electrons. The number of nitrogens with zero attached hydrogens (tertiary/aromatic N) is 2. The van der Waals surface area contributed by atoms with Gasteiger partial charge in [0.1, 0.15) is 5.75 Å². The Labute approximate surface area is 143 Å². The molecular formula is C18H16N2O5. The highest BCUT2D eigenvalue weighted by Crippen LogP contribution is 2.46. The monoisotopic (exact) mass is 340 g/mol. The second-order valence-corrected chi connectivity index (χ2v) is 6.50. The number of fused-ring (bicyclic) bond motifs is 1. The summed E-state index contributed by atoms with van der Waals surface area (Å²) in [6.07, 6.45) is 3.58. The third-order valence-electron chi connectivity index (χ3n) is 5.10. The average Bonchev–Trinajstić information content (AvgIpc) is 2.85. The Morgan fingerprint density at radius 1 is 0.960 bits per heavy atom. The van der Waals surface area contributed by atoms with Crippen LogP contribution in [0.2, 0.25) is 0 Å². The van der Waals surface area contributed by atoms with E-state index in [9.17, 15) is 19.2 Å². The predicted octanol–water partition coefficient (Wildman–Crippen LogP) is 0.744. The molecule has 0 unspecified atom stereocenters. The van der Waals surface area contributed by atoms with Crippen molar-refractivity contribution in [3.05, 3.63) is 36.4 Å². The number of imide groups is 1. The van der Waals surface area contributed by atoms with Crippen LogP contribution in [0.3, 0.4) is 0 Å². The summed E-state index contributed by atoms with van der Waals surface area (Å²) in [5, 5.41) is 0. The molecule has 0 radical (unpaired) electrons. The van der Waals surface area contributed by atoms with E-state index in [1.165, 1.54) is 19.1 Å². The van der Waals surface area contributed by atoms with Gasteiger partial charge >= 0.3 is 5.97 Å². The Morgan fingerprint density at radius 3 is 2.24 bits per heavy atom. The van der Waals surface area contributed by atoms with Gasteiger partial charge in [-0.3, -0.25) is 19.2 Å². The maximum absolute atomic E-state index is 12.9. The van der Waals surface area contributed by atoms with E-state index < -0.39 is 23.7 Å². The first-order valence-electron chi connectivity index (χ1n) is 8.01. The minimum Gasteiger partial charge on any atom is -0.427 e. The fourth-order valence-corrected chi connectivity index (χ4v) is 3.99.